The average Bonchev–Trinajstić information content (AvgIpc) is 2.60. The molecule has 0 bridgehead atoms. The quantitative estimate of drug-likeness (QED) is 0.454. The fraction of sp³-hybridized carbons (Fsp3) is 0.727. The second-order valence-corrected chi connectivity index (χ2v) is 4.27. The second kappa shape index (κ2) is 6.34. The highest BCUT2D eigenvalue weighted by molar-refractivity contribution is 5.45. The molecule has 0 radical (unpaired) electrons. The molecular weight excluding hydrogens is 236 g/mol. The summed E-state index contributed by atoms with van der Waals surface area (Å²) in [5.74, 6) is 0.241. The van der Waals surface area contributed by atoms with Crippen LogP contribution in [0, 0.1) is 17.0 Å². The summed E-state index contributed by atoms with van der Waals surface area (Å²) < 4.78 is 7.00. The third-order valence-electron chi connectivity index (χ3n) is 2.43. The summed E-state index contributed by atoms with van der Waals surface area (Å²) in [4.78, 5) is 10.5. The molecule has 1 aromatic heterocycles. The van der Waals surface area contributed by atoms with E-state index >= 15 is 0 Å². The molecule has 0 aromatic carbocycles. The molecule has 0 fully saturated rings. The molecule has 0 aliphatic heterocycles. The largest absolute Gasteiger partial charge is 0.472 e. The molecule has 0 aliphatic rings. The van der Waals surface area contributed by atoms with Gasteiger partial charge in [0, 0.05) is 19.1 Å². The third-order valence-corrected chi connectivity index (χ3v) is 2.43. The van der Waals surface area contributed by atoms with E-state index in [0.717, 1.165) is 0 Å². The van der Waals surface area contributed by atoms with Crippen molar-refractivity contribution in [3.8, 4) is 5.88 Å². The van der Waals surface area contributed by atoms with Gasteiger partial charge in [-0.05, 0) is 13.8 Å². The first-order valence-electron chi connectivity index (χ1n) is 6.05. The molecule has 7 nitrogen and oxygen atoms in total. The fourth-order valence-corrected chi connectivity index (χ4v) is 1.61. The number of aromatic nitrogens is 2. The molecule has 1 heterocycles. The van der Waals surface area contributed by atoms with Gasteiger partial charge in [0.05, 0.1) is 4.92 Å². The van der Waals surface area contributed by atoms with Gasteiger partial charge in [-0.15, -0.1) is 0 Å². The van der Waals surface area contributed by atoms with Crippen LogP contribution in [0.15, 0.2) is 0 Å². The SMILES string of the molecule is CCn1nc(C)c([N+](=O)[O-])c1OCCNC(C)C. The van der Waals surface area contributed by atoms with Crippen LogP contribution in [0.5, 0.6) is 5.88 Å². The second-order valence-electron chi connectivity index (χ2n) is 4.27. The lowest BCUT2D eigenvalue weighted by Crippen LogP contribution is -2.28. The van der Waals surface area contributed by atoms with Gasteiger partial charge >= 0.3 is 5.69 Å². The van der Waals surface area contributed by atoms with Crippen LogP contribution in [-0.2, 0) is 6.54 Å². The molecule has 7 heteroatoms. The number of hydrogen-bond donors (Lipinski definition) is 1. The summed E-state index contributed by atoms with van der Waals surface area (Å²) in [6, 6.07) is 0.362. The van der Waals surface area contributed by atoms with Crippen molar-refractivity contribution in [1.82, 2.24) is 15.1 Å². The van der Waals surface area contributed by atoms with Crippen LogP contribution in [0.4, 0.5) is 5.69 Å². The predicted octanol–water partition coefficient (Wildman–Crippen LogP) is 1.50. The lowest BCUT2D eigenvalue weighted by Gasteiger charge is -2.09. The Morgan fingerprint density at radius 3 is 2.72 bits per heavy atom. The zero-order valence-electron chi connectivity index (χ0n) is 11.3. The molecule has 0 amide bonds. The van der Waals surface area contributed by atoms with Gasteiger partial charge < -0.3 is 10.1 Å². The van der Waals surface area contributed by atoms with E-state index in [1.54, 1.807) is 6.92 Å². The number of nitrogens with one attached hydrogen (secondary N) is 1. The Kier molecular flexibility index (Phi) is 5.08. The average molecular weight is 256 g/mol. The Morgan fingerprint density at radius 1 is 1.56 bits per heavy atom. The molecule has 1 rings (SSSR count). The summed E-state index contributed by atoms with van der Waals surface area (Å²) in [6.07, 6.45) is 0. The first-order valence-corrected chi connectivity index (χ1v) is 6.05. The van der Waals surface area contributed by atoms with Gasteiger partial charge in [0.25, 0.3) is 5.88 Å². The minimum atomic E-state index is -0.445. The number of ether oxygens (including phenoxy) is 1. The number of nitrogens with zero attached hydrogens (tertiary/aromatic N) is 3. The summed E-state index contributed by atoms with van der Waals surface area (Å²) >= 11 is 0. The van der Waals surface area contributed by atoms with Crippen LogP contribution in [0.2, 0.25) is 0 Å². The molecule has 0 spiro atoms. The van der Waals surface area contributed by atoms with Crippen molar-refractivity contribution < 1.29 is 9.66 Å². The maximum absolute atomic E-state index is 11.0. The topological polar surface area (TPSA) is 82.2 Å². The van der Waals surface area contributed by atoms with Crippen LogP contribution >= 0.6 is 0 Å². The van der Waals surface area contributed by atoms with Crippen LogP contribution < -0.4 is 10.1 Å². The van der Waals surface area contributed by atoms with Crippen molar-refractivity contribution in [2.45, 2.75) is 40.3 Å². The van der Waals surface area contributed by atoms with Crippen molar-refractivity contribution >= 4 is 5.69 Å². The summed E-state index contributed by atoms with van der Waals surface area (Å²) in [7, 11) is 0. The monoisotopic (exact) mass is 256 g/mol. The van der Waals surface area contributed by atoms with Gasteiger partial charge in [-0.2, -0.15) is 5.10 Å². The molecule has 0 saturated heterocycles. The molecule has 0 aliphatic carbocycles. The Hall–Kier alpha value is -1.63. The number of nitro groups is 1. The minimum Gasteiger partial charge on any atom is -0.472 e. The van der Waals surface area contributed by atoms with Crippen molar-refractivity contribution in [1.29, 1.82) is 0 Å². The van der Waals surface area contributed by atoms with E-state index in [1.165, 1.54) is 4.68 Å². The van der Waals surface area contributed by atoms with E-state index in [9.17, 15) is 10.1 Å². The highest BCUT2D eigenvalue weighted by Crippen LogP contribution is 2.30. The summed E-state index contributed by atoms with van der Waals surface area (Å²) in [5.41, 5.74) is 0.343. The van der Waals surface area contributed by atoms with Crippen molar-refractivity contribution in [3.05, 3.63) is 15.8 Å². The van der Waals surface area contributed by atoms with Gasteiger partial charge in [0.2, 0.25) is 0 Å². The Morgan fingerprint density at radius 2 is 2.22 bits per heavy atom. The first-order chi connectivity index (χ1) is 8.47. The maximum Gasteiger partial charge on any atom is 0.353 e. The Labute approximate surface area is 106 Å². The predicted molar refractivity (Wildman–Crippen MR) is 67.9 cm³/mol. The van der Waals surface area contributed by atoms with Crippen LogP contribution in [0.1, 0.15) is 26.5 Å². The van der Waals surface area contributed by atoms with E-state index in [0.29, 0.717) is 31.4 Å². The maximum atomic E-state index is 11.0. The Bertz CT molecular complexity index is 415. The highest BCUT2D eigenvalue weighted by atomic mass is 16.6. The lowest BCUT2D eigenvalue weighted by atomic mass is 10.4. The summed E-state index contributed by atoms with van der Waals surface area (Å²) in [5, 5.41) is 18.2. The molecule has 18 heavy (non-hydrogen) atoms. The van der Waals surface area contributed by atoms with E-state index in [1.807, 2.05) is 20.8 Å². The highest BCUT2D eigenvalue weighted by Gasteiger charge is 2.26. The molecular formula is C11H20N4O3. The van der Waals surface area contributed by atoms with Crippen molar-refractivity contribution in [2.75, 3.05) is 13.2 Å². The standard InChI is InChI=1S/C11H20N4O3/c1-5-14-11(18-7-6-12-8(2)3)10(15(16)17)9(4)13-14/h8,12H,5-7H2,1-4H3. The minimum absolute atomic E-state index is 0.0404. The van der Waals surface area contributed by atoms with Gasteiger partial charge in [-0.1, -0.05) is 13.8 Å². The van der Waals surface area contributed by atoms with E-state index in [4.69, 9.17) is 4.74 Å². The molecule has 102 valence electrons. The third kappa shape index (κ3) is 3.43. The van der Waals surface area contributed by atoms with E-state index in [2.05, 4.69) is 10.4 Å². The van der Waals surface area contributed by atoms with Gasteiger partial charge in [-0.25, -0.2) is 4.68 Å². The van der Waals surface area contributed by atoms with Crippen LogP contribution in [-0.4, -0.2) is 33.9 Å². The molecule has 1 aromatic rings. The van der Waals surface area contributed by atoms with Crippen molar-refractivity contribution in [2.24, 2.45) is 0 Å². The Balaban J connectivity index is 2.76. The summed E-state index contributed by atoms with van der Waals surface area (Å²) in [6.45, 7) is 9.11. The zero-order valence-corrected chi connectivity index (χ0v) is 11.3. The number of rotatable bonds is 7. The number of hydrogen-bond acceptors (Lipinski definition) is 5. The molecule has 1 N–H and O–H groups in total. The first kappa shape index (κ1) is 14.4. The van der Waals surface area contributed by atoms with E-state index in [-0.39, 0.29) is 11.6 Å². The van der Waals surface area contributed by atoms with E-state index < -0.39 is 4.92 Å². The molecule has 0 unspecified atom stereocenters. The zero-order chi connectivity index (χ0) is 13.7. The number of aryl methyl sites for hydroxylation is 2. The van der Waals surface area contributed by atoms with Gasteiger partial charge in [0.1, 0.15) is 12.3 Å². The van der Waals surface area contributed by atoms with Crippen molar-refractivity contribution in [3.63, 3.8) is 0 Å². The van der Waals surface area contributed by atoms with Crippen LogP contribution in [0.3, 0.4) is 0 Å². The smallest absolute Gasteiger partial charge is 0.353 e. The lowest BCUT2D eigenvalue weighted by molar-refractivity contribution is -0.386. The van der Waals surface area contributed by atoms with Gasteiger partial charge in [0.15, 0.2) is 0 Å². The molecule has 0 saturated carbocycles. The normalized spacial score (nSPS) is 10.9. The van der Waals surface area contributed by atoms with Crippen LogP contribution in [0.25, 0.3) is 0 Å². The molecule has 0 atom stereocenters. The fourth-order valence-electron chi connectivity index (χ4n) is 1.61. The van der Waals surface area contributed by atoms with Gasteiger partial charge in [-0.3, -0.25) is 10.1 Å².